The number of hydrogen-bond acceptors (Lipinski definition) is 11. The Morgan fingerprint density at radius 1 is 0.516 bits per heavy atom. The molecule has 0 fully saturated rings. The van der Waals surface area contributed by atoms with Crippen LogP contribution in [0.1, 0.15) is 252 Å². The van der Waals surface area contributed by atoms with Gasteiger partial charge in [-0.05, 0) is 96.7 Å². The molecule has 1 atom stereocenters. The van der Waals surface area contributed by atoms with Gasteiger partial charge in [0.05, 0.1) is 0 Å². The molecule has 1 unspecified atom stereocenters. The van der Waals surface area contributed by atoms with Crippen LogP contribution in [-0.2, 0) is 19.1 Å². The number of nitrogens with one attached hydrogen (secondary N) is 2. The second-order valence-corrected chi connectivity index (χ2v) is 19.4. The first kappa shape index (κ1) is 58.1. The van der Waals surface area contributed by atoms with Crippen molar-refractivity contribution in [3.63, 3.8) is 0 Å². The van der Waals surface area contributed by atoms with Crippen molar-refractivity contribution in [3.8, 4) is 0 Å². The number of ether oxygens (including phenoxy) is 2. The molecule has 1 aliphatic heterocycles. The summed E-state index contributed by atoms with van der Waals surface area (Å²) in [6.07, 6.45) is 39.5. The van der Waals surface area contributed by atoms with Crippen LogP contribution in [-0.4, -0.2) is 83.0 Å². The summed E-state index contributed by atoms with van der Waals surface area (Å²) in [5.74, 6) is 0.747. The second-order valence-electron chi connectivity index (χ2n) is 18.1. The molecule has 0 saturated carbocycles. The summed E-state index contributed by atoms with van der Waals surface area (Å²) in [5, 5.41) is 6.12. The van der Waals surface area contributed by atoms with Crippen LogP contribution < -0.4 is 10.6 Å². The number of carbonyl (C=O) groups is 2. The van der Waals surface area contributed by atoms with Crippen LogP contribution in [0.15, 0.2) is 8.80 Å². The summed E-state index contributed by atoms with van der Waals surface area (Å²) in [6, 6.07) is 0. The maximum absolute atomic E-state index is 12.9. The Balaban J connectivity index is 2.43. The van der Waals surface area contributed by atoms with Crippen molar-refractivity contribution in [3.05, 3.63) is 0 Å². The Labute approximate surface area is 383 Å². The number of hydrogen-bond donors (Lipinski definition) is 4. The fraction of sp³-hybridized carbons (Fsp3) is 0.920. The number of carbonyl (C=O) groups excluding carboxylic acids is 2. The maximum atomic E-state index is 12.9. The average molecular weight is 898 g/mol. The van der Waals surface area contributed by atoms with Crippen LogP contribution in [0, 0.1) is 0 Å². The van der Waals surface area contributed by atoms with Gasteiger partial charge < -0.3 is 25.0 Å². The van der Waals surface area contributed by atoms with Crippen molar-refractivity contribution in [1.29, 1.82) is 0 Å². The molecule has 1 rings (SSSR count). The zero-order valence-electron chi connectivity index (χ0n) is 41.0. The first-order valence-corrected chi connectivity index (χ1v) is 27.6. The smallest absolute Gasteiger partial charge is 0.306 e. The predicted octanol–water partition coefficient (Wildman–Crippen LogP) is 14.0. The van der Waals surface area contributed by atoms with Crippen LogP contribution in [0.5, 0.6) is 0 Å². The van der Waals surface area contributed by atoms with E-state index in [2.05, 4.69) is 52.0 Å². The molecule has 4 N–H and O–H groups in total. The van der Waals surface area contributed by atoms with Gasteiger partial charge in [-0.2, -0.15) is 0 Å². The number of nitrogens with zero attached hydrogens (tertiary/aromatic N) is 3. The van der Waals surface area contributed by atoms with E-state index in [1.807, 2.05) is 0 Å². The standard InChI is InChI=1S/C50H99N5O6S/c1-6-10-13-16-21-28-36-45(9-4)60-47(56)39-31-24-19-26-33-42-55(44-35-41-52-50-49(51-5)53-62(58,59)54-50)43-34-27-20-25-32-40-48(57)61-46(37-29-22-17-14-11-7-2)38-30-23-18-15-12-8-3/h45-46,58-59H,6-44H2,1-5H3,(H,51,53)(H,52,54). The third-order valence-electron chi connectivity index (χ3n) is 12.2. The lowest BCUT2D eigenvalue weighted by Gasteiger charge is -2.22. The molecular formula is C50H99N5O6S. The molecular weight excluding hydrogens is 799 g/mol. The van der Waals surface area contributed by atoms with E-state index in [1.54, 1.807) is 7.05 Å². The molecule has 0 aliphatic carbocycles. The molecule has 366 valence electrons. The lowest BCUT2D eigenvalue weighted by Crippen LogP contribution is -2.38. The van der Waals surface area contributed by atoms with Gasteiger partial charge in [0.15, 0.2) is 11.7 Å². The Hall–Kier alpha value is -1.89. The van der Waals surface area contributed by atoms with Gasteiger partial charge in [-0.25, -0.2) is 0 Å². The van der Waals surface area contributed by atoms with Crippen molar-refractivity contribution >= 4 is 34.6 Å². The summed E-state index contributed by atoms with van der Waals surface area (Å²) in [6.45, 7) is 12.6. The Morgan fingerprint density at radius 2 is 0.887 bits per heavy atom. The third-order valence-corrected chi connectivity index (χ3v) is 13.1. The number of rotatable bonds is 44. The van der Waals surface area contributed by atoms with Crippen molar-refractivity contribution < 1.29 is 28.2 Å². The van der Waals surface area contributed by atoms with Gasteiger partial charge in [-0.1, -0.05) is 163 Å². The van der Waals surface area contributed by atoms with Crippen molar-refractivity contribution in [2.75, 3.05) is 33.2 Å². The minimum atomic E-state index is -3.31. The Morgan fingerprint density at radius 3 is 1.34 bits per heavy atom. The van der Waals surface area contributed by atoms with Crippen molar-refractivity contribution in [2.45, 2.75) is 265 Å². The molecule has 0 aromatic carbocycles. The number of unbranched alkanes of at least 4 members (excludes halogenated alkanes) is 23. The SMILES string of the molecule is CCCCCCCCC(CC)OC(=O)CCCCCCCN(CCCCCCCC(=O)OC(CCCCCCCC)CCCCCCCC)CCCNC1=NS(O)(O)N=C1NC. The van der Waals surface area contributed by atoms with E-state index in [0.29, 0.717) is 31.1 Å². The van der Waals surface area contributed by atoms with E-state index in [0.717, 1.165) is 135 Å². The molecule has 0 radical (unpaired) electrons. The largest absolute Gasteiger partial charge is 0.462 e. The summed E-state index contributed by atoms with van der Waals surface area (Å²) < 4.78 is 39.5. The predicted molar refractivity (Wildman–Crippen MR) is 265 cm³/mol. The van der Waals surface area contributed by atoms with Crippen molar-refractivity contribution in [1.82, 2.24) is 15.5 Å². The van der Waals surface area contributed by atoms with E-state index < -0.39 is 11.0 Å². The van der Waals surface area contributed by atoms with Crippen LogP contribution >= 0.6 is 11.0 Å². The molecule has 0 amide bonds. The highest BCUT2D eigenvalue weighted by Crippen LogP contribution is 2.45. The van der Waals surface area contributed by atoms with Gasteiger partial charge in [0.25, 0.3) is 0 Å². The number of esters is 2. The molecule has 0 aromatic heterocycles. The van der Waals surface area contributed by atoms with Gasteiger partial charge >= 0.3 is 11.9 Å². The lowest BCUT2D eigenvalue weighted by atomic mass is 10.0. The fourth-order valence-electron chi connectivity index (χ4n) is 8.30. The van der Waals surface area contributed by atoms with Gasteiger partial charge in [0, 0.05) is 37.4 Å². The van der Waals surface area contributed by atoms with Crippen LogP contribution in [0.4, 0.5) is 0 Å². The molecule has 0 spiro atoms. The molecule has 11 nitrogen and oxygen atoms in total. The van der Waals surface area contributed by atoms with Crippen LogP contribution in [0.25, 0.3) is 0 Å². The number of amidine groups is 2. The summed E-state index contributed by atoms with van der Waals surface area (Å²) in [7, 11) is -1.61. The summed E-state index contributed by atoms with van der Waals surface area (Å²) in [5.41, 5.74) is 0. The zero-order chi connectivity index (χ0) is 45.4. The van der Waals surface area contributed by atoms with Gasteiger partial charge in [0.1, 0.15) is 12.2 Å². The molecule has 1 heterocycles. The van der Waals surface area contributed by atoms with Crippen molar-refractivity contribution in [2.24, 2.45) is 8.80 Å². The van der Waals surface area contributed by atoms with E-state index in [9.17, 15) is 18.7 Å². The monoisotopic (exact) mass is 898 g/mol. The quantitative estimate of drug-likeness (QED) is 0.0347. The van der Waals surface area contributed by atoms with E-state index in [4.69, 9.17) is 9.47 Å². The molecule has 0 aromatic rings. The fourth-order valence-corrected chi connectivity index (χ4v) is 9.16. The minimum Gasteiger partial charge on any atom is -0.462 e. The van der Waals surface area contributed by atoms with Gasteiger partial charge in [-0.3, -0.25) is 18.7 Å². The van der Waals surface area contributed by atoms with Crippen LogP contribution in [0.2, 0.25) is 0 Å². The normalized spacial score (nSPS) is 14.5. The summed E-state index contributed by atoms with van der Waals surface area (Å²) in [4.78, 5) is 28.0. The van der Waals surface area contributed by atoms with E-state index in [1.165, 1.54) is 96.3 Å². The average Bonchev–Trinajstić information content (AvgIpc) is 3.56. The second kappa shape index (κ2) is 40.6. The Bertz CT molecular complexity index is 1130. The van der Waals surface area contributed by atoms with Gasteiger partial charge in [0.2, 0.25) is 0 Å². The molecule has 1 aliphatic rings. The van der Waals surface area contributed by atoms with Gasteiger partial charge in [-0.15, -0.1) is 8.80 Å². The Kier molecular flexibility index (Phi) is 38.1. The minimum absolute atomic E-state index is 0.00244. The highest BCUT2D eigenvalue weighted by molar-refractivity contribution is 8.22. The van der Waals surface area contributed by atoms with E-state index >= 15 is 0 Å². The topological polar surface area (TPSA) is 145 Å². The lowest BCUT2D eigenvalue weighted by molar-refractivity contribution is -0.150. The molecule has 12 heteroatoms. The first-order valence-electron chi connectivity index (χ1n) is 26.2. The maximum Gasteiger partial charge on any atom is 0.306 e. The zero-order valence-corrected chi connectivity index (χ0v) is 41.8. The summed E-state index contributed by atoms with van der Waals surface area (Å²) >= 11 is 0. The number of likely N-dealkylation sites (N-methyl/N-ethyl adjacent to an activating group) is 1. The molecule has 0 saturated heterocycles. The molecule has 0 bridgehead atoms. The highest BCUT2D eigenvalue weighted by Gasteiger charge is 2.24. The van der Waals surface area contributed by atoms with Crippen LogP contribution in [0.3, 0.4) is 0 Å². The molecule has 62 heavy (non-hydrogen) atoms. The van der Waals surface area contributed by atoms with E-state index in [-0.39, 0.29) is 24.1 Å². The first-order chi connectivity index (χ1) is 30.2. The highest BCUT2D eigenvalue weighted by atomic mass is 32.3. The third kappa shape index (κ3) is 33.6.